The van der Waals surface area contributed by atoms with Gasteiger partial charge in [0, 0.05) is 13.6 Å². The van der Waals surface area contributed by atoms with Crippen LogP contribution in [0, 0.1) is 0 Å². The van der Waals surface area contributed by atoms with Crippen molar-refractivity contribution in [3.05, 3.63) is 34.6 Å². The third-order valence-electron chi connectivity index (χ3n) is 3.50. The molecule has 2 N–H and O–H groups in total. The fraction of sp³-hybridized carbons (Fsp3) is 0.571. The molecule has 0 saturated heterocycles. The molecule has 28 heavy (non-hydrogen) atoms. The SMILES string of the molecule is C=O.CCOC(/C=C(\C=C(/C)CC)CN)=C(/C)C(=O)N(C)C(=O)OC(C)(C)C. The van der Waals surface area contributed by atoms with E-state index in [1.165, 1.54) is 12.6 Å². The number of hydrogen-bond donors (Lipinski definition) is 1. The lowest BCUT2D eigenvalue weighted by Gasteiger charge is -2.24. The summed E-state index contributed by atoms with van der Waals surface area (Å²) < 4.78 is 10.9. The van der Waals surface area contributed by atoms with E-state index in [4.69, 9.17) is 20.0 Å². The van der Waals surface area contributed by atoms with Gasteiger partial charge < -0.3 is 20.0 Å². The van der Waals surface area contributed by atoms with Crippen molar-refractivity contribution in [3.63, 3.8) is 0 Å². The lowest BCUT2D eigenvalue weighted by Crippen LogP contribution is -2.38. The lowest BCUT2D eigenvalue weighted by atomic mass is 10.1. The van der Waals surface area contributed by atoms with Gasteiger partial charge in [-0.2, -0.15) is 0 Å². The maximum absolute atomic E-state index is 12.6. The van der Waals surface area contributed by atoms with Gasteiger partial charge in [0.2, 0.25) is 0 Å². The summed E-state index contributed by atoms with van der Waals surface area (Å²) in [6.07, 6.45) is 3.93. The third kappa shape index (κ3) is 10.7. The number of imide groups is 1. The van der Waals surface area contributed by atoms with E-state index >= 15 is 0 Å². The maximum Gasteiger partial charge on any atom is 0.417 e. The minimum atomic E-state index is -0.706. The van der Waals surface area contributed by atoms with Crippen LogP contribution >= 0.6 is 0 Å². The van der Waals surface area contributed by atoms with E-state index in [0.717, 1.165) is 16.9 Å². The fourth-order valence-electron chi connectivity index (χ4n) is 1.93. The van der Waals surface area contributed by atoms with Gasteiger partial charge in [-0.05, 0) is 59.6 Å². The Morgan fingerprint density at radius 3 is 2.04 bits per heavy atom. The van der Waals surface area contributed by atoms with Gasteiger partial charge >= 0.3 is 6.09 Å². The molecule has 0 saturated carbocycles. The topological polar surface area (TPSA) is 98.9 Å². The first kappa shape index (κ1) is 27.8. The van der Waals surface area contributed by atoms with E-state index in [-0.39, 0.29) is 0 Å². The Bertz CT molecular complexity index is 613. The Morgan fingerprint density at radius 1 is 1.11 bits per heavy atom. The molecule has 0 bridgehead atoms. The van der Waals surface area contributed by atoms with Crippen LogP contribution in [0.1, 0.15) is 54.9 Å². The summed E-state index contributed by atoms with van der Waals surface area (Å²) in [4.78, 5) is 33.7. The minimum Gasteiger partial charge on any atom is -0.493 e. The molecule has 0 aromatic carbocycles. The Kier molecular flexibility index (Phi) is 13.6. The second-order valence-corrected chi connectivity index (χ2v) is 7.03. The third-order valence-corrected chi connectivity index (χ3v) is 3.50. The summed E-state index contributed by atoms with van der Waals surface area (Å²) in [6, 6.07) is 0. The van der Waals surface area contributed by atoms with Crippen molar-refractivity contribution in [1.29, 1.82) is 0 Å². The number of allylic oxidation sites excluding steroid dienone is 2. The largest absolute Gasteiger partial charge is 0.493 e. The Balaban J connectivity index is 0. The molecule has 0 atom stereocenters. The maximum atomic E-state index is 12.6. The molecule has 0 unspecified atom stereocenters. The predicted octanol–water partition coefficient (Wildman–Crippen LogP) is 3.75. The van der Waals surface area contributed by atoms with Crippen molar-refractivity contribution in [3.8, 4) is 0 Å². The van der Waals surface area contributed by atoms with Crippen LogP contribution in [0.15, 0.2) is 34.6 Å². The zero-order valence-electron chi connectivity index (χ0n) is 18.5. The van der Waals surface area contributed by atoms with Crippen LogP contribution in [-0.2, 0) is 19.1 Å². The molecule has 0 fully saturated rings. The number of rotatable bonds is 7. The van der Waals surface area contributed by atoms with E-state index in [9.17, 15) is 9.59 Å². The van der Waals surface area contributed by atoms with Gasteiger partial charge in [0.15, 0.2) is 0 Å². The Hall–Kier alpha value is -2.41. The number of carbonyl (C=O) groups is 3. The molecule has 160 valence electrons. The molecule has 0 aliphatic carbocycles. The van der Waals surface area contributed by atoms with Gasteiger partial charge in [-0.1, -0.05) is 18.6 Å². The molecule has 0 aliphatic heterocycles. The molecule has 0 aliphatic rings. The van der Waals surface area contributed by atoms with Crippen molar-refractivity contribution >= 4 is 18.8 Å². The highest BCUT2D eigenvalue weighted by Gasteiger charge is 2.26. The van der Waals surface area contributed by atoms with E-state index in [1.54, 1.807) is 33.8 Å². The number of carbonyl (C=O) groups excluding carboxylic acids is 3. The van der Waals surface area contributed by atoms with Crippen molar-refractivity contribution in [1.82, 2.24) is 4.90 Å². The molecule has 0 spiro atoms. The molecule has 0 aromatic rings. The first-order chi connectivity index (χ1) is 13.0. The monoisotopic (exact) mass is 396 g/mol. The number of likely N-dealkylation sites (N-methyl/N-ethyl adjacent to an activating group) is 1. The van der Waals surface area contributed by atoms with E-state index in [1.807, 2.05) is 26.7 Å². The standard InChI is InChI=1S/C20H34N2O4.CH2O/c1-9-14(3)11-16(13-21)12-17(25-10-2)15(4)18(23)22(8)19(24)26-20(5,6)7;1-2/h11-12H,9-10,13,21H2,1-8H3;1H2/b14-11+,16-12+,17-15-;. The average Bonchev–Trinajstić information content (AvgIpc) is 2.64. The van der Waals surface area contributed by atoms with E-state index in [0.29, 0.717) is 24.5 Å². The summed E-state index contributed by atoms with van der Waals surface area (Å²) in [5.41, 5.74) is 7.47. The quantitative estimate of drug-likeness (QED) is 0.400. The summed E-state index contributed by atoms with van der Waals surface area (Å²) in [6.45, 7) is 15.5. The highest BCUT2D eigenvalue weighted by molar-refractivity contribution is 6.02. The Morgan fingerprint density at radius 2 is 1.64 bits per heavy atom. The van der Waals surface area contributed by atoms with Crippen LogP contribution in [0.2, 0.25) is 0 Å². The number of amides is 2. The van der Waals surface area contributed by atoms with Crippen LogP contribution in [-0.4, -0.2) is 49.5 Å². The van der Waals surface area contributed by atoms with Crippen LogP contribution < -0.4 is 5.73 Å². The van der Waals surface area contributed by atoms with E-state index in [2.05, 4.69) is 6.92 Å². The van der Waals surface area contributed by atoms with Crippen molar-refractivity contribution in [2.24, 2.45) is 5.73 Å². The molecule has 0 rings (SSSR count). The van der Waals surface area contributed by atoms with Gasteiger partial charge in [-0.15, -0.1) is 0 Å². The number of hydrogen-bond acceptors (Lipinski definition) is 6. The van der Waals surface area contributed by atoms with Crippen molar-refractivity contribution < 1.29 is 23.9 Å². The lowest BCUT2D eigenvalue weighted by molar-refractivity contribution is -0.125. The van der Waals surface area contributed by atoms with Crippen molar-refractivity contribution in [2.75, 3.05) is 20.2 Å². The van der Waals surface area contributed by atoms with Crippen LogP contribution in [0.3, 0.4) is 0 Å². The van der Waals surface area contributed by atoms with Crippen LogP contribution in [0.4, 0.5) is 4.79 Å². The zero-order chi connectivity index (χ0) is 22.5. The van der Waals surface area contributed by atoms with Gasteiger partial charge in [-0.25, -0.2) is 9.69 Å². The first-order valence-corrected chi connectivity index (χ1v) is 9.18. The molecular weight excluding hydrogens is 360 g/mol. The zero-order valence-corrected chi connectivity index (χ0v) is 18.5. The molecule has 0 radical (unpaired) electrons. The first-order valence-electron chi connectivity index (χ1n) is 9.18. The smallest absolute Gasteiger partial charge is 0.417 e. The number of nitrogens with zero attached hydrogens (tertiary/aromatic N) is 1. The highest BCUT2D eigenvalue weighted by Crippen LogP contribution is 2.16. The Labute approximate surface area is 169 Å². The number of ether oxygens (including phenoxy) is 2. The predicted molar refractivity (Wildman–Crippen MR) is 112 cm³/mol. The minimum absolute atomic E-state index is 0.314. The molecule has 2 amide bonds. The van der Waals surface area contributed by atoms with Gasteiger partial charge in [-0.3, -0.25) is 4.79 Å². The van der Waals surface area contributed by atoms with Gasteiger partial charge in [0.05, 0.1) is 12.2 Å². The molecule has 7 nitrogen and oxygen atoms in total. The fourth-order valence-corrected chi connectivity index (χ4v) is 1.93. The van der Waals surface area contributed by atoms with Gasteiger partial charge in [0.25, 0.3) is 5.91 Å². The molecular formula is C21H36N2O5. The van der Waals surface area contributed by atoms with Gasteiger partial charge in [0.1, 0.15) is 18.1 Å². The van der Waals surface area contributed by atoms with Crippen LogP contribution in [0.25, 0.3) is 0 Å². The number of nitrogens with two attached hydrogens (primary N) is 1. The van der Waals surface area contributed by atoms with E-state index < -0.39 is 17.6 Å². The highest BCUT2D eigenvalue weighted by atomic mass is 16.6. The molecule has 0 heterocycles. The molecule has 0 aromatic heterocycles. The summed E-state index contributed by atoms with van der Waals surface area (Å²) >= 11 is 0. The summed E-state index contributed by atoms with van der Waals surface area (Å²) in [5.74, 6) is -0.0833. The van der Waals surface area contributed by atoms with Crippen molar-refractivity contribution in [2.45, 2.75) is 60.5 Å². The second kappa shape index (κ2) is 13.7. The second-order valence-electron chi connectivity index (χ2n) is 7.03. The molecule has 7 heteroatoms. The summed E-state index contributed by atoms with van der Waals surface area (Å²) in [5, 5.41) is 0. The van der Waals surface area contributed by atoms with Crippen LogP contribution in [0.5, 0.6) is 0 Å². The summed E-state index contributed by atoms with van der Waals surface area (Å²) in [7, 11) is 1.39. The average molecular weight is 397 g/mol. The normalized spacial score (nSPS) is 13.0.